The lowest BCUT2D eigenvalue weighted by atomic mass is 9.94. The Labute approximate surface area is 195 Å². The van der Waals surface area contributed by atoms with Crippen LogP contribution in [0.25, 0.3) is 16.2 Å². The van der Waals surface area contributed by atoms with E-state index in [1.54, 1.807) is 36.4 Å². The molecule has 1 aromatic heterocycles. The van der Waals surface area contributed by atoms with E-state index in [4.69, 9.17) is 4.74 Å². The Morgan fingerprint density at radius 3 is 2.42 bits per heavy atom. The van der Waals surface area contributed by atoms with E-state index >= 15 is 0 Å². The van der Waals surface area contributed by atoms with Crippen molar-refractivity contribution in [1.82, 2.24) is 0 Å². The fourth-order valence-electron chi connectivity index (χ4n) is 3.64. The lowest BCUT2D eigenvalue weighted by Gasteiger charge is -2.12. The average molecular weight is 459 g/mol. The van der Waals surface area contributed by atoms with Crippen molar-refractivity contribution in [3.63, 3.8) is 0 Å². The van der Waals surface area contributed by atoms with E-state index in [1.807, 2.05) is 45.0 Å². The highest BCUT2D eigenvalue weighted by Gasteiger charge is 2.25. The summed E-state index contributed by atoms with van der Waals surface area (Å²) in [7, 11) is 0. The summed E-state index contributed by atoms with van der Waals surface area (Å²) >= 11 is 1.30. The largest absolute Gasteiger partial charge is 0.508 e. The van der Waals surface area contributed by atoms with Crippen molar-refractivity contribution in [3.05, 3.63) is 93.6 Å². The van der Waals surface area contributed by atoms with Gasteiger partial charge < -0.3 is 14.6 Å². The molecule has 0 unspecified atom stereocenters. The zero-order chi connectivity index (χ0) is 23.5. The number of ketones is 1. The molecular weight excluding hydrogens is 436 g/mol. The maximum Gasteiger partial charge on any atom is 0.297 e. The third-order valence-electron chi connectivity index (χ3n) is 5.50. The molecule has 1 heterocycles. The first kappa shape index (κ1) is 22.3. The predicted octanol–water partition coefficient (Wildman–Crippen LogP) is 6.70. The first-order valence-electron chi connectivity index (χ1n) is 10.3. The fourth-order valence-corrected chi connectivity index (χ4v) is 4.75. The van der Waals surface area contributed by atoms with E-state index in [0.717, 1.165) is 32.3 Å². The molecule has 0 atom stereocenters. The molecule has 0 aliphatic heterocycles. The summed E-state index contributed by atoms with van der Waals surface area (Å²) in [6.45, 7) is 6.22. The van der Waals surface area contributed by atoms with Crippen molar-refractivity contribution in [1.29, 1.82) is 0 Å². The topological polar surface area (TPSA) is 72.8 Å². The van der Waals surface area contributed by atoms with Crippen molar-refractivity contribution >= 4 is 39.8 Å². The van der Waals surface area contributed by atoms with Gasteiger partial charge in [-0.25, -0.2) is 0 Å². The number of benzene rings is 3. The Bertz CT molecular complexity index is 1380. The SMILES string of the molecule is Cc1ccc(C)c(C(=O)c2sc3cc(O)ccc3c2Oc2ccc(/C=C/OC=O)cc2)c1C. The van der Waals surface area contributed by atoms with Gasteiger partial charge in [-0.05, 0) is 79.4 Å². The normalized spacial score (nSPS) is 11.1. The number of rotatable bonds is 7. The molecule has 6 heteroatoms. The highest BCUT2D eigenvalue weighted by atomic mass is 32.1. The molecule has 5 nitrogen and oxygen atoms in total. The molecule has 0 saturated heterocycles. The monoisotopic (exact) mass is 458 g/mol. The van der Waals surface area contributed by atoms with Gasteiger partial charge in [-0.3, -0.25) is 9.59 Å². The van der Waals surface area contributed by atoms with Crippen molar-refractivity contribution in [2.24, 2.45) is 0 Å². The highest BCUT2D eigenvalue weighted by molar-refractivity contribution is 7.21. The summed E-state index contributed by atoms with van der Waals surface area (Å²) in [5.41, 5.74) is 4.40. The fraction of sp³-hybridized carbons (Fsp3) is 0.111. The number of carbonyl (C=O) groups is 2. The summed E-state index contributed by atoms with van der Waals surface area (Å²) in [4.78, 5) is 24.5. The van der Waals surface area contributed by atoms with Gasteiger partial charge in [-0.1, -0.05) is 24.3 Å². The molecule has 0 aliphatic carbocycles. The van der Waals surface area contributed by atoms with Gasteiger partial charge in [-0.15, -0.1) is 11.3 Å². The van der Waals surface area contributed by atoms with Crippen LogP contribution in [0.2, 0.25) is 0 Å². The molecule has 0 bridgehead atoms. The molecule has 166 valence electrons. The molecule has 0 radical (unpaired) electrons. The molecule has 0 spiro atoms. The number of aromatic hydroxyl groups is 1. The molecule has 3 aromatic carbocycles. The third-order valence-corrected chi connectivity index (χ3v) is 6.63. The Kier molecular flexibility index (Phi) is 6.29. The zero-order valence-electron chi connectivity index (χ0n) is 18.4. The Morgan fingerprint density at radius 2 is 1.70 bits per heavy atom. The van der Waals surface area contributed by atoms with E-state index in [0.29, 0.717) is 28.4 Å². The lowest BCUT2D eigenvalue weighted by molar-refractivity contribution is -0.123. The number of carbonyl (C=O) groups excluding carboxylic acids is 2. The number of phenols is 1. The van der Waals surface area contributed by atoms with Crippen LogP contribution < -0.4 is 4.74 Å². The van der Waals surface area contributed by atoms with E-state index in [1.165, 1.54) is 17.6 Å². The van der Waals surface area contributed by atoms with Gasteiger partial charge in [0.2, 0.25) is 5.78 Å². The first-order chi connectivity index (χ1) is 15.9. The maximum absolute atomic E-state index is 13.7. The Balaban J connectivity index is 1.78. The molecule has 1 N–H and O–H groups in total. The molecule has 0 aliphatic rings. The van der Waals surface area contributed by atoms with Crippen LogP contribution in [-0.2, 0) is 9.53 Å². The highest BCUT2D eigenvalue weighted by Crippen LogP contribution is 2.43. The third kappa shape index (κ3) is 4.52. The summed E-state index contributed by atoms with van der Waals surface area (Å²) in [6.07, 6.45) is 2.95. The number of thiophene rings is 1. The van der Waals surface area contributed by atoms with Crippen LogP contribution >= 0.6 is 11.3 Å². The van der Waals surface area contributed by atoms with Crippen molar-refractivity contribution in [2.45, 2.75) is 20.8 Å². The number of fused-ring (bicyclic) bond motifs is 1. The van der Waals surface area contributed by atoms with Gasteiger partial charge in [0, 0.05) is 15.6 Å². The van der Waals surface area contributed by atoms with Crippen LogP contribution in [0.1, 0.15) is 37.5 Å². The second kappa shape index (κ2) is 9.30. The number of hydrogen-bond donors (Lipinski definition) is 1. The summed E-state index contributed by atoms with van der Waals surface area (Å²) in [5.74, 6) is 1.05. The van der Waals surface area contributed by atoms with Gasteiger partial charge in [0.1, 0.15) is 16.4 Å². The second-order valence-electron chi connectivity index (χ2n) is 7.68. The Hall–Kier alpha value is -3.90. The van der Waals surface area contributed by atoms with Gasteiger partial charge in [0.05, 0.1) is 6.26 Å². The van der Waals surface area contributed by atoms with Crippen molar-refractivity contribution in [3.8, 4) is 17.2 Å². The summed E-state index contributed by atoms with van der Waals surface area (Å²) in [6, 6.07) is 16.1. The molecule has 33 heavy (non-hydrogen) atoms. The van der Waals surface area contributed by atoms with Gasteiger partial charge in [0.25, 0.3) is 6.47 Å². The Morgan fingerprint density at radius 1 is 0.970 bits per heavy atom. The van der Waals surface area contributed by atoms with E-state index in [9.17, 15) is 14.7 Å². The standard InChI is InChI=1S/C27H22O5S/c1-16-4-5-17(2)24(18(16)3)25(30)27-26(22-11-8-20(29)14-23(22)33-27)32-21-9-6-19(7-10-21)12-13-31-15-28/h4-15,29H,1-3H3/b13-12+. The molecular formula is C27H22O5S. The van der Waals surface area contributed by atoms with Crippen LogP contribution in [0.5, 0.6) is 17.2 Å². The molecule has 4 aromatic rings. The maximum atomic E-state index is 13.7. The van der Waals surface area contributed by atoms with Crippen molar-refractivity contribution < 1.29 is 24.2 Å². The molecule has 0 saturated carbocycles. The van der Waals surface area contributed by atoms with Crippen LogP contribution in [0, 0.1) is 20.8 Å². The van der Waals surface area contributed by atoms with Crippen LogP contribution in [0.3, 0.4) is 0 Å². The van der Waals surface area contributed by atoms with E-state index in [-0.39, 0.29) is 11.5 Å². The van der Waals surface area contributed by atoms with Crippen LogP contribution in [0.4, 0.5) is 0 Å². The zero-order valence-corrected chi connectivity index (χ0v) is 19.2. The van der Waals surface area contributed by atoms with Gasteiger partial charge >= 0.3 is 0 Å². The van der Waals surface area contributed by atoms with E-state index in [2.05, 4.69) is 4.74 Å². The number of hydrogen-bond acceptors (Lipinski definition) is 6. The predicted molar refractivity (Wildman–Crippen MR) is 130 cm³/mol. The number of aryl methyl sites for hydroxylation is 2. The molecule has 0 fully saturated rings. The van der Waals surface area contributed by atoms with Crippen molar-refractivity contribution in [2.75, 3.05) is 0 Å². The average Bonchev–Trinajstić information content (AvgIpc) is 3.15. The quantitative estimate of drug-likeness (QED) is 0.190. The van der Waals surface area contributed by atoms with Crippen LogP contribution in [0.15, 0.2) is 60.9 Å². The summed E-state index contributed by atoms with van der Waals surface area (Å²) in [5, 5.41) is 10.7. The minimum absolute atomic E-state index is 0.102. The van der Waals surface area contributed by atoms with Crippen LogP contribution in [-0.4, -0.2) is 17.4 Å². The van der Waals surface area contributed by atoms with Gasteiger partial charge in [0.15, 0.2) is 5.75 Å². The molecule has 4 rings (SSSR count). The number of ether oxygens (including phenoxy) is 2. The van der Waals surface area contributed by atoms with E-state index < -0.39 is 0 Å². The minimum Gasteiger partial charge on any atom is -0.508 e. The minimum atomic E-state index is -0.102. The summed E-state index contributed by atoms with van der Waals surface area (Å²) < 4.78 is 11.6. The smallest absolute Gasteiger partial charge is 0.297 e. The lowest BCUT2D eigenvalue weighted by Crippen LogP contribution is -2.07. The number of phenolic OH excluding ortho intramolecular Hbond substituents is 1. The second-order valence-corrected chi connectivity index (χ2v) is 8.73. The van der Waals surface area contributed by atoms with Gasteiger partial charge in [-0.2, -0.15) is 0 Å². The molecule has 0 amide bonds. The first-order valence-corrected chi connectivity index (χ1v) is 11.1.